The molecule has 0 aliphatic heterocycles. The van der Waals surface area contributed by atoms with Crippen molar-refractivity contribution >= 4 is 17.5 Å². The van der Waals surface area contributed by atoms with E-state index in [0.717, 1.165) is 13.8 Å². The summed E-state index contributed by atoms with van der Waals surface area (Å²) in [4.78, 5) is 31.0. The van der Waals surface area contributed by atoms with E-state index in [1.54, 1.807) is 0 Å². The van der Waals surface area contributed by atoms with Gasteiger partial charge in [-0.05, 0) is 13.8 Å². The maximum Gasteiger partial charge on any atom is 0.321 e. The number of rotatable bonds is 3. The third-order valence-electron chi connectivity index (χ3n) is 1.06. The van der Waals surface area contributed by atoms with Crippen LogP contribution < -0.4 is 0 Å². The molecule has 0 atom stereocenters. The van der Waals surface area contributed by atoms with E-state index in [-0.39, 0.29) is 17.1 Å². The van der Waals surface area contributed by atoms with Crippen LogP contribution in [0.5, 0.6) is 0 Å². The molecule has 63 valence electrons. The minimum atomic E-state index is -1.47. The van der Waals surface area contributed by atoms with Gasteiger partial charge in [0.1, 0.15) is 0 Å². The van der Waals surface area contributed by atoms with Crippen molar-refractivity contribution in [1.82, 2.24) is 0 Å². The van der Waals surface area contributed by atoms with Crippen molar-refractivity contribution in [2.45, 2.75) is 13.8 Å². The fourth-order valence-electron chi connectivity index (χ4n) is 0.634. The molecular formula is C6H8MnO4. The van der Waals surface area contributed by atoms with Crippen molar-refractivity contribution in [2.75, 3.05) is 0 Å². The fourth-order valence-corrected chi connectivity index (χ4v) is 0.634. The van der Waals surface area contributed by atoms with Gasteiger partial charge in [-0.3, -0.25) is 14.4 Å². The molecule has 4 nitrogen and oxygen atoms in total. The number of hydrogen-bond donors (Lipinski definition) is 1. The third-order valence-corrected chi connectivity index (χ3v) is 1.06. The molecule has 0 saturated carbocycles. The summed E-state index contributed by atoms with van der Waals surface area (Å²) in [6.45, 7) is 2.17. The van der Waals surface area contributed by atoms with Crippen LogP contribution in [-0.2, 0) is 31.5 Å². The predicted molar refractivity (Wildman–Crippen MR) is 32.5 cm³/mol. The predicted octanol–water partition coefficient (Wildman–Crippen LogP) is -0.137. The summed E-state index contributed by atoms with van der Waals surface area (Å²) in [6, 6.07) is 0. The summed E-state index contributed by atoms with van der Waals surface area (Å²) in [6.07, 6.45) is 0. The molecule has 0 heterocycles. The Hall–Kier alpha value is -0.671. The molecule has 11 heavy (non-hydrogen) atoms. The van der Waals surface area contributed by atoms with Gasteiger partial charge in [0, 0.05) is 17.1 Å². The normalized spacial score (nSPS) is 8.64. The molecule has 0 aromatic rings. The molecule has 0 aromatic heterocycles. The maximum absolute atomic E-state index is 10.4. The van der Waals surface area contributed by atoms with Crippen LogP contribution in [0.25, 0.3) is 0 Å². The molecule has 0 bridgehead atoms. The SMILES string of the molecule is CC(=O)C(C(C)=O)C(=O)O.[Mn]. The Morgan fingerprint density at radius 3 is 1.36 bits per heavy atom. The summed E-state index contributed by atoms with van der Waals surface area (Å²) < 4.78 is 0. The van der Waals surface area contributed by atoms with E-state index < -0.39 is 23.5 Å². The van der Waals surface area contributed by atoms with Gasteiger partial charge in [0.2, 0.25) is 0 Å². The minimum Gasteiger partial charge on any atom is -0.480 e. The van der Waals surface area contributed by atoms with E-state index in [0.29, 0.717) is 0 Å². The molecule has 0 aliphatic carbocycles. The molecule has 1 radical (unpaired) electrons. The first-order chi connectivity index (χ1) is 4.46. The van der Waals surface area contributed by atoms with Gasteiger partial charge in [-0.25, -0.2) is 0 Å². The zero-order valence-electron chi connectivity index (χ0n) is 6.13. The van der Waals surface area contributed by atoms with Crippen molar-refractivity contribution in [1.29, 1.82) is 0 Å². The van der Waals surface area contributed by atoms with E-state index in [1.807, 2.05) is 0 Å². The van der Waals surface area contributed by atoms with Crippen LogP contribution in [0, 0.1) is 5.92 Å². The van der Waals surface area contributed by atoms with Crippen LogP contribution in [-0.4, -0.2) is 22.6 Å². The van der Waals surface area contributed by atoms with Gasteiger partial charge in [-0.1, -0.05) is 0 Å². The van der Waals surface area contributed by atoms with Crippen LogP contribution in [0.4, 0.5) is 0 Å². The van der Waals surface area contributed by atoms with Gasteiger partial charge in [0.25, 0.3) is 0 Å². The number of carbonyl (C=O) groups excluding carboxylic acids is 2. The van der Waals surface area contributed by atoms with Crippen LogP contribution in [0.1, 0.15) is 13.8 Å². The summed E-state index contributed by atoms with van der Waals surface area (Å²) in [5.41, 5.74) is 0. The Bertz CT molecular complexity index is 154. The van der Waals surface area contributed by atoms with E-state index in [2.05, 4.69) is 0 Å². The molecule has 1 N–H and O–H groups in total. The Labute approximate surface area is 74.4 Å². The van der Waals surface area contributed by atoms with Gasteiger partial charge >= 0.3 is 5.97 Å². The Morgan fingerprint density at radius 1 is 1.09 bits per heavy atom. The average molecular weight is 199 g/mol. The van der Waals surface area contributed by atoms with E-state index in [1.165, 1.54) is 0 Å². The first-order valence-electron chi connectivity index (χ1n) is 2.70. The van der Waals surface area contributed by atoms with Crippen LogP contribution in [0.2, 0.25) is 0 Å². The van der Waals surface area contributed by atoms with Crippen LogP contribution >= 0.6 is 0 Å². The number of carboxylic acid groups (broad SMARTS) is 1. The zero-order valence-corrected chi connectivity index (χ0v) is 7.31. The van der Waals surface area contributed by atoms with Crippen molar-refractivity contribution in [2.24, 2.45) is 5.92 Å². The topological polar surface area (TPSA) is 71.4 Å². The molecule has 0 saturated heterocycles. The molecule has 5 heteroatoms. The number of Topliss-reactive ketones (excluding diaryl/α,β-unsaturated/α-hetero) is 2. The Kier molecular flexibility index (Phi) is 5.94. The van der Waals surface area contributed by atoms with Gasteiger partial charge in [0.05, 0.1) is 0 Å². The minimum absolute atomic E-state index is 0. The summed E-state index contributed by atoms with van der Waals surface area (Å²) >= 11 is 0. The number of hydrogen-bond acceptors (Lipinski definition) is 3. The van der Waals surface area contributed by atoms with Crippen LogP contribution in [0.15, 0.2) is 0 Å². The van der Waals surface area contributed by atoms with Gasteiger partial charge in [0.15, 0.2) is 17.5 Å². The number of aliphatic carboxylic acids is 1. The Balaban J connectivity index is 0. The molecular weight excluding hydrogens is 191 g/mol. The van der Waals surface area contributed by atoms with Crippen molar-refractivity contribution in [3.05, 3.63) is 0 Å². The van der Waals surface area contributed by atoms with E-state index in [4.69, 9.17) is 5.11 Å². The first-order valence-corrected chi connectivity index (χ1v) is 2.70. The van der Waals surface area contributed by atoms with Gasteiger partial charge in [-0.15, -0.1) is 0 Å². The number of carboxylic acids is 1. The number of carbonyl (C=O) groups is 3. The fraction of sp³-hybridized carbons (Fsp3) is 0.500. The van der Waals surface area contributed by atoms with Gasteiger partial charge < -0.3 is 5.11 Å². The molecule has 0 fully saturated rings. The van der Waals surface area contributed by atoms with Crippen molar-refractivity contribution in [3.63, 3.8) is 0 Å². The standard InChI is InChI=1S/C6H8O4.Mn/c1-3(7)5(4(2)8)6(9)10;/h5H,1-2H3,(H,9,10);. The molecule has 0 aromatic carbocycles. The monoisotopic (exact) mass is 199 g/mol. The first kappa shape index (κ1) is 13.0. The second kappa shape index (κ2) is 5.04. The maximum atomic E-state index is 10.4. The second-order valence-electron chi connectivity index (χ2n) is 1.99. The zero-order chi connectivity index (χ0) is 8.31. The van der Waals surface area contributed by atoms with E-state index in [9.17, 15) is 14.4 Å². The molecule has 0 rings (SSSR count). The Morgan fingerprint density at radius 2 is 1.36 bits per heavy atom. The number of ketones is 2. The molecule has 0 aliphatic rings. The van der Waals surface area contributed by atoms with Crippen molar-refractivity contribution < 1.29 is 36.6 Å². The molecule has 0 unspecified atom stereocenters. The summed E-state index contributed by atoms with van der Waals surface area (Å²) in [5.74, 6) is -4.10. The second-order valence-corrected chi connectivity index (χ2v) is 1.99. The average Bonchev–Trinajstić information content (AvgIpc) is 1.59. The van der Waals surface area contributed by atoms with Crippen LogP contribution in [0.3, 0.4) is 0 Å². The van der Waals surface area contributed by atoms with Crippen molar-refractivity contribution in [3.8, 4) is 0 Å². The smallest absolute Gasteiger partial charge is 0.321 e. The summed E-state index contributed by atoms with van der Waals surface area (Å²) in [7, 11) is 0. The van der Waals surface area contributed by atoms with Gasteiger partial charge in [-0.2, -0.15) is 0 Å². The summed E-state index contributed by atoms with van der Waals surface area (Å²) in [5, 5.41) is 8.27. The quantitative estimate of drug-likeness (QED) is 0.507. The molecule has 0 spiro atoms. The van der Waals surface area contributed by atoms with E-state index >= 15 is 0 Å². The molecule has 0 amide bonds. The third kappa shape index (κ3) is 3.90. The largest absolute Gasteiger partial charge is 0.480 e.